The van der Waals surface area contributed by atoms with Crippen LogP contribution in [0.25, 0.3) is 32.1 Å². The molecule has 12 nitrogen and oxygen atoms in total. The average molecular weight is 852 g/mol. The minimum absolute atomic E-state index is 0.00467. The second kappa shape index (κ2) is 15.0. The number of nitrogens with one attached hydrogen (secondary N) is 1. The number of fused-ring (bicyclic) bond motifs is 5. The Kier molecular flexibility index (Phi) is 10.4. The van der Waals surface area contributed by atoms with Gasteiger partial charge in [-0.15, -0.1) is 11.3 Å². The zero-order valence-corrected chi connectivity index (χ0v) is 35.3. The van der Waals surface area contributed by atoms with Crippen molar-refractivity contribution in [2.75, 3.05) is 43.0 Å². The van der Waals surface area contributed by atoms with Gasteiger partial charge in [-0.1, -0.05) is 17.7 Å². The molecule has 2 aromatic carbocycles. The lowest BCUT2D eigenvalue weighted by Crippen LogP contribution is -2.57. The summed E-state index contributed by atoms with van der Waals surface area (Å²) in [6.07, 6.45) is 3.09. The van der Waals surface area contributed by atoms with Gasteiger partial charge < -0.3 is 19.1 Å². The van der Waals surface area contributed by atoms with Crippen LogP contribution in [-0.2, 0) is 9.47 Å². The zero-order valence-electron chi connectivity index (χ0n) is 33.7. The molecular weight excluding hydrogens is 807 g/mol. The van der Waals surface area contributed by atoms with Crippen molar-refractivity contribution < 1.29 is 37.0 Å². The molecule has 0 aliphatic carbocycles. The maximum absolute atomic E-state index is 17.5. The Hall–Kier alpha value is -4.85. The van der Waals surface area contributed by atoms with Gasteiger partial charge in [0.15, 0.2) is 5.82 Å². The van der Waals surface area contributed by atoms with E-state index in [1.807, 2.05) is 25.7 Å². The third kappa shape index (κ3) is 7.61. The topological polar surface area (TPSA) is 133 Å². The minimum atomic E-state index is -0.856. The van der Waals surface area contributed by atoms with Crippen molar-refractivity contribution in [3.05, 3.63) is 52.3 Å². The molecule has 2 aromatic heterocycles. The maximum atomic E-state index is 17.5. The number of benzene rings is 2. The highest BCUT2D eigenvalue weighted by Crippen LogP contribution is 2.48. The van der Waals surface area contributed by atoms with E-state index in [0.29, 0.717) is 43.8 Å². The van der Waals surface area contributed by atoms with Gasteiger partial charge in [-0.05, 0) is 103 Å². The van der Waals surface area contributed by atoms with E-state index < -0.39 is 34.5 Å². The molecule has 0 spiro atoms. The van der Waals surface area contributed by atoms with Crippen molar-refractivity contribution in [3.63, 3.8) is 0 Å². The number of thiophene rings is 1. The van der Waals surface area contributed by atoms with Crippen LogP contribution in [0, 0.1) is 23.0 Å². The van der Waals surface area contributed by atoms with Gasteiger partial charge in [0.1, 0.15) is 46.0 Å². The third-order valence-electron chi connectivity index (χ3n) is 11.3. The molecule has 2 amide bonds. The van der Waals surface area contributed by atoms with Crippen LogP contribution >= 0.6 is 22.9 Å². The number of halogens is 4. The number of ether oxygens (including phenoxy) is 3. The molecule has 1 unspecified atom stereocenters. The van der Waals surface area contributed by atoms with Gasteiger partial charge in [0, 0.05) is 36.0 Å². The number of anilines is 2. The van der Waals surface area contributed by atoms with E-state index in [0.717, 1.165) is 49.6 Å². The van der Waals surface area contributed by atoms with Crippen molar-refractivity contribution in [2.45, 2.75) is 102 Å². The number of piperazine rings is 1. The van der Waals surface area contributed by atoms with Gasteiger partial charge in [0.25, 0.3) is 0 Å². The number of rotatable bonds is 6. The molecule has 6 heterocycles. The first-order valence-corrected chi connectivity index (χ1v) is 20.9. The fraction of sp³-hybridized carbons (Fsp3) is 0.500. The first-order valence-electron chi connectivity index (χ1n) is 19.7. The summed E-state index contributed by atoms with van der Waals surface area (Å²) in [5.41, 5.74) is -1.55. The maximum Gasteiger partial charge on any atom is 0.412 e. The smallest absolute Gasteiger partial charge is 0.412 e. The molecule has 59 heavy (non-hydrogen) atoms. The molecular formula is C42H45ClF3N7O5S. The number of nitrogens with zero attached hydrogens (tertiary/aromatic N) is 6. The van der Waals surface area contributed by atoms with Crippen LogP contribution in [-0.4, -0.2) is 93.6 Å². The summed E-state index contributed by atoms with van der Waals surface area (Å²) >= 11 is 7.82. The standard InChI is InChI=1S/C42H45ClF3N7O5S/c1-40(2,3)57-38(54)50-36-27(17-47)30-25(10-11-29(45)34(30)59-36)31-28(43)14-26-33(32(31)46)48-37(56-21-42-12-7-13-52(42)18-22(15-42)16-44)49-35(26)51-19-23-8-9-24(20-51)53(23)39(55)58-41(4,5)6/h10-11,14,16,23-24H,7-9,12-13,15,18-21H2,1-6H3,(H,50,54)/b22-16-/t23-,24+,42?. The van der Waals surface area contributed by atoms with Crippen LogP contribution in [0.5, 0.6) is 6.01 Å². The first kappa shape index (κ1) is 40.9. The molecule has 3 atom stereocenters. The van der Waals surface area contributed by atoms with Gasteiger partial charge in [-0.3, -0.25) is 15.1 Å². The van der Waals surface area contributed by atoms with E-state index in [2.05, 4.69) is 21.3 Å². The van der Waals surface area contributed by atoms with Gasteiger partial charge in [0.2, 0.25) is 0 Å². The van der Waals surface area contributed by atoms with Crippen molar-refractivity contribution in [1.82, 2.24) is 19.8 Å². The van der Waals surface area contributed by atoms with Crippen molar-refractivity contribution in [3.8, 4) is 23.2 Å². The quantitative estimate of drug-likeness (QED) is 0.200. The van der Waals surface area contributed by atoms with Gasteiger partial charge in [-0.25, -0.2) is 22.8 Å². The second-order valence-corrected chi connectivity index (χ2v) is 19.2. The molecule has 0 saturated carbocycles. The van der Waals surface area contributed by atoms with E-state index in [9.17, 15) is 19.2 Å². The Bertz CT molecular complexity index is 2450. The first-order chi connectivity index (χ1) is 27.9. The normalized spacial score (nSPS) is 22.6. The van der Waals surface area contributed by atoms with Crippen molar-refractivity contribution >= 4 is 66.9 Å². The Labute approximate surface area is 348 Å². The molecule has 17 heteroatoms. The van der Waals surface area contributed by atoms with Crippen LogP contribution in [0.4, 0.5) is 33.6 Å². The largest absolute Gasteiger partial charge is 0.461 e. The van der Waals surface area contributed by atoms with E-state index in [1.54, 1.807) is 31.7 Å². The number of amides is 2. The second-order valence-electron chi connectivity index (χ2n) is 17.8. The molecule has 4 aliphatic heterocycles. The lowest BCUT2D eigenvalue weighted by Gasteiger charge is -2.42. The summed E-state index contributed by atoms with van der Waals surface area (Å²) in [6.45, 7) is 12.7. The number of hydrogen-bond acceptors (Lipinski definition) is 11. The summed E-state index contributed by atoms with van der Waals surface area (Å²) in [6, 6.07) is 5.60. The lowest BCUT2D eigenvalue weighted by molar-refractivity contribution is 0.0122. The minimum Gasteiger partial charge on any atom is -0.461 e. The van der Waals surface area contributed by atoms with Crippen molar-refractivity contribution in [2.24, 2.45) is 0 Å². The fourth-order valence-electron chi connectivity index (χ4n) is 9.02. The summed E-state index contributed by atoms with van der Waals surface area (Å²) < 4.78 is 64.2. The summed E-state index contributed by atoms with van der Waals surface area (Å²) in [5.74, 6) is -1.18. The SMILES string of the molecule is CC(C)(C)OC(=O)Nc1sc2c(F)ccc(-c3c(Cl)cc4c(N5C[C@H]6CC[C@@H](C5)N6C(=O)OC(C)(C)C)nc(OCC56CCCN5C/C(=C\F)C6)nc4c3F)c2c1C#N. The molecule has 4 fully saturated rings. The number of nitriles is 1. The van der Waals surface area contributed by atoms with Crippen LogP contribution in [0.1, 0.15) is 79.2 Å². The fourth-order valence-corrected chi connectivity index (χ4v) is 10.4. The van der Waals surface area contributed by atoms with Crippen LogP contribution in [0.3, 0.4) is 0 Å². The van der Waals surface area contributed by atoms with Crippen LogP contribution < -0.4 is 15.0 Å². The average Bonchev–Trinajstić information content (AvgIpc) is 3.88. The van der Waals surface area contributed by atoms with Crippen molar-refractivity contribution in [1.29, 1.82) is 5.26 Å². The molecule has 4 saturated heterocycles. The molecule has 312 valence electrons. The number of aromatic nitrogens is 2. The predicted molar refractivity (Wildman–Crippen MR) is 220 cm³/mol. The molecule has 2 bridgehead atoms. The highest BCUT2D eigenvalue weighted by molar-refractivity contribution is 7.23. The lowest BCUT2D eigenvalue weighted by atomic mass is 9.94. The zero-order chi connectivity index (χ0) is 42.2. The highest BCUT2D eigenvalue weighted by Gasteiger charge is 2.48. The van der Waals surface area contributed by atoms with Crippen LogP contribution in [0.2, 0.25) is 5.02 Å². The van der Waals surface area contributed by atoms with E-state index in [4.69, 9.17) is 30.8 Å². The summed E-state index contributed by atoms with van der Waals surface area (Å²) in [7, 11) is 0. The Morgan fingerprint density at radius 1 is 1.10 bits per heavy atom. The van der Waals surface area contributed by atoms with Gasteiger partial charge in [0.05, 0.1) is 39.2 Å². The Balaban J connectivity index is 1.24. The Morgan fingerprint density at radius 3 is 2.47 bits per heavy atom. The molecule has 4 aliphatic rings. The predicted octanol–water partition coefficient (Wildman–Crippen LogP) is 9.72. The molecule has 4 aromatic rings. The highest BCUT2D eigenvalue weighted by atomic mass is 35.5. The third-order valence-corrected chi connectivity index (χ3v) is 12.7. The van der Waals surface area contributed by atoms with Gasteiger partial charge >= 0.3 is 18.2 Å². The monoisotopic (exact) mass is 851 g/mol. The van der Waals surface area contributed by atoms with E-state index in [-0.39, 0.29) is 78.5 Å². The van der Waals surface area contributed by atoms with E-state index >= 15 is 8.78 Å². The van der Waals surface area contributed by atoms with Gasteiger partial charge in [-0.2, -0.15) is 15.2 Å². The molecule has 1 N–H and O–H groups in total. The number of hydrogen-bond donors (Lipinski definition) is 1. The Morgan fingerprint density at radius 2 is 1.81 bits per heavy atom. The molecule has 8 rings (SSSR count). The molecule has 0 radical (unpaired) electrons. The number of carbonyl (C=O) groups is 2. The number of carbonyl (C=O) groups excluding carboxylic acids is 2. The van der Waals surface area contributed by atoms with Crippen LogP contribution in [0.15, 0.2) is 30.1 Å². The van der Waals surface area contributed by atoms with E-state index in [1.165, 1.54) is 6.07 Å². The summed E-state index contributed by atoms with van der Waals surface area (Å²) in [5, 5.41) is 13.2. The summed E-state index contributed by atoms with van der Waals surface area (Å²) in [4.78, 5) is 41.6.